The molecule has 1 saturated heterocycles. The van der Waals surface area contributed by atoms with Crippen molar-refractivity contribution < 1.29 is 9.16 Å². The highest BCUT2D eigenvalue weighted by Gasteiger charge is 2.27. The van der Waals surface area contributed by atoms with E-state index >= 15 is 0 Å². The second-order valence-electron chi connectivity index (χ2n) is 4.13. The Morgan fingerprint density at radius 3 is 2.86 bits per heavy atom. The van der Waals surface area contributed by atoms with Crippen molar-refractivity contribution in [3.63, 3.8) is 0 Å². The smallest absolute Gasteiger partial charge is 0.207 e. The molecule has 14 heavy (non-hydrogen) atoms. The summed E-state index contributed by atoms with van der Waals surface area (Å²) in [4.78, 5) is 0. The van der Waals surface area contributed by atoms with Crippen LogP contribution in [0.1, 0.15) is 27.2 Å². The van der Waals surface area contributed by atoms with Crippen LogP contribution in [0.2, 0.25) is 6.04 Å². The molecule has 1 heterocycles. The van der Waals surface area contributed by atoms with Crippen LogP contribution < -0.4 is 5.32 Å². The maximum Gasteiger partial charge on any atom is 0.207 e. The molecule has 2 unspecified atom stereocenters. The maximum absolute atomic E-state index is 6.00. The number of ether oxygens (including phenoxy) is 1. The van der Waals surface area contributed by atoms with Gasteiger partial charge in [0.25, 0.3) is 0 Å². The molecule has 1 rings (SSSR count). The Bertz CT molecular complexity index is 149. The van der Waals surface area contributed by atoms with Gasteiger partial charge in [0, 0.05) is 19.2 Å². The van der Waals surface area contributed by atoms with Crippen LogP contribution in [0.4, 0.5) is 0 Å². The first-order chi connectivity index (χ1) is 6.74. The second kappa shape index (κ2) is 6.56. The van der Waals surface area contributed by atoms with Crippen LogP contribution in [0.5, 0.6) is 0 Å². The van der Waals surface area contributed by atoms with Gasteiger partial charge in [0.15, 0.2) is 0 Å². The van der Waals surface area contributed by atoms with Crippen molar-refractivity contribution in [1.29, 1.82) is 0 Å². The van der Waals surface area contributed by atoms with E-state index in [-0.39, 0.29) is 0 Å². The average Bonchev–Trinajstić information content (AvgIpc) is 2.18. The van der Waals surface area contributed by atoms with Crippen LogP contribution in [-0.4, -0.2) is 40.6 Å². The lowest BCUT2D eigenvalue weighted by molar-refractivity contribution is 0.0573. The van der Waals surface area contributed by atoms with Gasteiger partial charge in [-0.15, -0.1) is 0 Å². The largest absolute Gasteiger partial charge is 0.415 e. The normalized spacial score (nSPS) is 25.3. The topological polar surface area (TPSA) is 30.5 Å². The first-order valence-electron chi connectivity index (χ1n) is 5.71. The number of nitrogens with one attached hydrogen (secondary N) is 1. The fourth-order valence-electron chi connectivity index (χ4n) is 1.80. The molecule has 0 amide bonds. The Labute approximate surface area is 88.9 Å². The van der Waals surface area contributed by atoms with Crippen LogP contribution >= 0.6 is 0 Å². The van der Waals surface area contributed by atoms with E-state index in [1.165, 1.54) is 12.5 Å². The van der Waals surface area contributed by atoms with Crippen LogP contribution in [-0.2, 0) is 9.16 Å². The first kappa shape index (κ1) is 12.2. The molecule has 2 atom stereocenters. The zero-order valence-corrected chi connectivity index (χ0v) is 10.7. The number of hydrogen-bond donors (Lipinski definition) is 1. The van der Waals surface area contributed by atoms with Crippen molar-refractivity contribution in [2.24, 2.45) is 0 Å². The third-order valence-corrected chi connectivity index (χ3v) is 5.69. The summed E-state index contributed by atoms with van der Waals surface area (Å²) in [7, 11) is -1.16. The molecule has 84 valence electrons. The zero-order valence-electron chi connectivity index (χ0n) is 9.58. The van der Waals surface area contributed by atoms with Gasteiger partial charge in [0.2, 0.25) is 9.04 Å². The van der Waals surface area contributed by atoms with Gasteiger partial charge in [-0.2, -0.15) is 0 Å². The van der Waals surface area contributed by atoms with Gasteiger partial charge < -0.3 is 14.5 Å². The van der Waals surface area contributed by atoms with Crippen molar-refractivity contribution in [2.45, 2.75) is 45.1 Å². The molecule has 0 bridgehead atoms. The molecule has 1 fully saturated rings. The summed E-state index contributed by atoms with van der Waals surface area (Å²) in [6.07, 6.45) is 1.56. The van der Waals surface area contributed by atoms with E-state index < -0.39 is 9.04 Å². The van der Waals surface area contributed by atoms with E-state index in [2.05, 4.69) is 26.1 Å². The Kier molecular flexibility index (Phi) is 5.70. The van der Waals surface area contributed by atoms with E-state index in [1.54, 1.807) is 0 Å². The maximum atomic E-state index is 6.00. The lowest BCUT2D eigenvalue weighted by Crippen LogP contribution is -2.49. The van der Waals surface area contributed by atoms with Crippen molar-refractivity contribution in [2.75, 3.05) is 19.7 Å². The summed E-state index contributed by atoms with van der Waals surface area (Å²) in [5.41, 5.74) is 0.381. The molecule has 0 saturated carbocycles. The summed E-state index contributed by atoms with van der Waals surface area (Å²) < 4.78 is 11.8. The van der Waals surface area contributed by atoms with E-state index in [4.69, 9.17) is 9.16 Å². The zero-order chi connectivity index (χ0) is 10.4. The highest BCUT2D eigenvalue weighted by atomic mass is 28.3. The molecule has 0 aromatic rings. The highest BCUT2D eigenvalue weighted by Crippen LogP contribution is 2.11. The predicted octanol–water partition coefficient (Wildman–Crippen LogP) is 1.07. The van der Waals surface area contributed by atoms with Gasteiger partial charge in [-0.25, -0.2) is 0 Å². The third-order valence-electron chi connectivity index (χ3n) is 2.39. The minimum absolute atomic E-state index is 0.351. The first-order valence-corrected chi connectivity index (χ1v) is 7.67. The van der Waals surface area contributed by atoms with Gasteiger partial charge in [-0.05, 0) is 19.9 Å². The third kappa shape index (κ3) is 4.08. The number of morpholine rings is 1. The Morgan fingerprint density at radius 1 is 1.57 bits per heavy atom. The molecular formula is C10H23NO2Si. The Hall–Kier alpha value is 0.0969. The molecular weight excluding hydrogens is 194 g/mol. The van der Waals surface area contributed by atoms with Crippen LogP contribution in [0.15, 0.2) is 0 Å². The molecule has 3 nitrogen and oxygen atoms in total. The van der Waals surface area contributed by atoms with E-state index in [9.17, 15) is 0 Å². The minimum Gasteiger partial charge on any atom is -0.415 e. The van der Waals surface area contributed by atoms with Crippen LogP contribution in [0.25, 0.3) is 0 Å². The molecule has 0 aromatic heterocycles. The van der Waals surface area contributed by atoms with Gasteiger partial charge in [0.05, 0.1) is 12.3 Å². The van der Waals surface area contributed by atoms with Gasteiger partial charge in [0.1, 0.15) is 0 Å². The van der Waals surface area contributed by atoms with E-state index in [1.807, 2.05) is 0 Å². The lowest BCUT2D eigenvalue weighted by Gasteiger charge is -2.30. The molecule has 1 aliphatic rings. The van der Waals surface area contributed by atoms with Crippen molar-refractivity contribution >= 4 is 9.04 Å². The second-order valence-corrected chi connectivity index (χ2v) is 6.80. The lowest BCUT2D eigenvalue weighted by atomic mass is 10.5. The fraction of sp³-hybridized carbons (Fsp3) is 1.00. The molecule has 4 heteroatoms. The van der Waals surface area contributed by atoms with Gasteiger partial charge in [-0.1, -0.05) is 13.3 Å². The predicted molar refractivity (Wildman–Crippen MR) is 61.1 cm³/mol. The van der Waals surface area contributed by atoms with E-state index in [0.29, 0.717) is 11.8 Å². The van der Waals surface area contributed by atoms with Gasteiger partial charge >= 0.3 is 0 Å². The van der Waals surface area contributed by atoms with E-state index in [0.717, 1.165) is 19.7 Å². The summed E-state index contributed by atoms with van der Waals surface area (Å²) in [6, 6.07) is 1.23. The Morgan fingerprint density at radius 2 is 2.36 bits per heavy atom. The summed E-state index contributed by atoms with van der Waals surface area (Å²) in [5, 5.41) is 3.38. The number of rotatable bonds is 5. The molecule has 0 aromatic carbocycles. The van der Waals surface area contributed by atoms with Crippen LogP contribution in [0, 0.1) is 0 Å². The fourth-order valence-corrected chi connectivity index (χ4v) is 4.53. The summed E-state index contributed by atoms with van der Waals surface area (Å²) in [6.45, 7) is 9.28. The molecule has 0 aliphatic carbocycles. The van der Waals surface area contributed by atoms with Crippen molar-refractivity contribution in [1.82, 2.24) is 5.32 Å². The molecule has 0 radical (unpaired) electrons. The monoisotopic (exact) mass is 217 g/mol. The highest BCUT2D eigenvalue weighted by molar-refractivity contribution is 6.53. The molecule has 0 spiro atoms. The van der Waals surface area contributed by atoms with Crippen LogP contribution in [0.3, 0.4) is 0 Å². The standard InChI is InChI=1S/C10H23NO2Si/c1-4-7-14(13-9(2)3)10-8-11-5-6-12-10/h9-11,14H,4-8H2,1-3H3. The quantitative estimate of drug-likeness (QED) is 0.699. The summed E-state index contributed by atoms with van der Waals surface area (Å²) in [5.74, 6) is 0. The average molecular weight is 217 g/mol. The Balaban J connectivity index is 2.38. The summed E-state index contributed by atoms with van der Waals surface area (Å²) >= 11 is 0. The van der Waals surface area contributed by atoms with Crippen molar-refractivity contribution in [3.8, 4) is 0 Å². The molecule has 1 aliphatic heterocycles. The minimum atomic E-state index is -1.16. The van der Waals surface area contributed by atoms with Gasteiger partial charge in [-0.3, -0.25) is 0 Å². The van der Waals surface area contributed by atoms with Crippen molar-refractivity contribution in [3.05, 3.63) is 0 Å². The number of hydrogen-bond acceptors (Lipinski definition) is 3. The molecule has 1 N–H and O–H groups in total. The SMILES string of the molecule is CCC[SiH](OC(C)C)C1CNCCO1.